The van der Waals surface area contributed by atoms with Crippen LogP contribution in [0.5, 0.6) is 0 Å². The summed E-state index contributed by atoms with van der Waals surface area (Å²) in [5.41, 5.74) is 0. The summed E-state index contributed by atoms with van der Waals surface area (Å²) < 4.78 is 0. The van der Waals surface area contributed by atoms with Crippen molar-refractivity contribution in [3.05, 3.63) is 0 Å². The van der Waals surface area contributed by atoms with Gasteiger partial charge in [0.2, 0.25) is 0 Å². The Morgan fingerprint density at radius 1 is 1.27 bits per heavy atom. The van der Waals surface area contributed by atoms with E-state index in [-0.39, 0.29) is 0 Å². The van der Waals surface area contributed by atoms with E-state index in [1.807, 2.05) is 0 Å². The molecule has 0 radical (unpaired) electrons. The fourth-order valence-corrected chi connectivity index (χ4v) is 3.15. The summed E-state index contributed by atoms with van der Waals surface area (Å²) in [6, 6.07) is 2.29. The highest BCUT2D eigenvalue weighted by molar-refractivity contribution is 4.92. The van der Waals surface area contributed by atoms with E-state index in [9.17, 15) is 0 Å². The molecule has 0 aliphatic carbocycles. The molecule has 1 N–H and O–H groups in total. The summed E-state index contributed by atoms with van der Waals surface area (Å²) >= 11 is 0. The molecule has 0 aromatic rings. The molecular formula is C13H26N2. The van der Waals surface area contributed by atoms with Gasteiger partial charge in [0.1, 0.15) is 0 Å². The number of hydrogen-bond acceptors (Lipinski definition) is 2. The summed E-state index contributed by atoms with van der Waals surface area (Å²) in [7, 11) is 0. The van der Waals surface area contributed by atoms with Crippen LogP contribution in [0, 0.1) is 5.92 Å². The Kier molecular flexibility index (Phi) is 3.68. The van der Waals surface area contributed by atoms with Gasteiger partial charge in [-0.1, -0.05) is 6.92 Å². The van der Waals surface area contributed by atoms with Crippen LogP contribution in [0.4, 0.5) is 0 Å². The molecule has 0 amide bonds. The van der Waals surface area contributed by atoms with Gasteiger partial charge in [-0.05, 0) is 52.0 Å². The molecule has 88 valence electrons. The number of nitrogens with zero attached hydrogens (tertiary/aromatic N) is 1. The molecule has 3 atom stereocenters. The molecule has 2 rings (SSSR count). The zero-order valence-corrected chi connectivity index (χ0v) is 10.5. The fourth-order valence-electron chi connectivity index (χ4n) is 3.15. The zero-order chi connectivity index (χ0) is 10.8. The molecular weight excluding hydrogens is 184 g/mol. The van der Waals surface area contributed by atoms with Gasteiger partial charge in [0.05, 0.1) is 0 Å². The van der Waals surface area contributed by atoms with Gasteiger partial charge >= 0.3 is 0 Å². The van der Waals surface area contributed by atoms with Crippen molar-refractivity contribution < 1.29 is 0 Å². The molecule has 1 unspecified atom stereocenters. The minimum Gasteiger partial charge on any atom is -0.310 e. The van der Waals surface area contributed by atoms with Crippen molar-refractivity contribution in [3.8, 4) is 0 Å². The zero-order valence-electron chi connectivity index (χ0n) is 10.5. The van der Waals surface area contributed by atoms with E-state index >= 15 is 0 Å². The van der Waals surface area contributed by atoms with E-state index in [1.54, 1.807) is 0 Å². The van der Waals surface area contributed by atoms with E-state index in [4.69, 9.17) is 0 Å². The van der Waals surface area contributed by atoms with Gasteiger partial charge in [-0.2, -0.15) is 0 Å². The minimum absolute atomic E-state index is 0.717. The first-order chi connectivity index (χ1) is 7.20. The predicted molar refractivity (Wildman–Crippen MR) is 65.1 cm³/mol. The molecule has 2 heterocycles. The van der Waals surface area contributed by atoms with Crippen LogP contribution in [0.15, 0.2) is 0 Å². The lowest BCUT2D eigenvalue weighted by Crippen LogP contribution is -2.57. The standard InChI is InChI=1S/C13H26N2/c1-4-12-6-5-11-7-8-15(10(2)3)9-13(11)14-12/h10-14H,4-9H2,1-3H3/t11-,12?,13+/m1/s1. The summed E-state index contributed by atoms with van der Waals surface area (Å²) in [4.78, 5) is 2.63. The molecule has 0 bridgehead atoms. The van der Waals surface area contributed by atoms with Gasteiger partial charge in [-0.15, -0.1) is 0 Å². The van der Waals surface area contributed by atoms with Crippen molar-refractivity contribution in [1.29, 1.82) is 0 Å². The fraction of sp³-hybridized carbons (Fsp3) is 1.00. The average Bonchev–Trinajstić information content (AvgIpc) is 2.27. The summed E-state index contributed by atoms with van der Waals surface area (Å²) in [6.45, 7) is 9.54. The van der Waals surface area contributed by atoms with E-state index in [0.29, 0.717) is 0 Å². The highest BCUT2D eigenvalue weighted by Crippen LogP contribution is 2.29. The SMILES string of the molecule is CCC1CC[C@@H]2CCN(C(C)C)C[C@@H]2N1. The molecule has 2 saturated heterocycles. The van der Waals surface area contributed by atoms with Crippen molar-refractivity contribution in [2.75, 3.05) is 13.1 Å². The van der Waals surface area contributed by atoms with E-state index in [2.05, 4.69) is 31.0 Å². The van der Waals surface area contributed by atoms with Crippen molar-refractivity contribution in [3.63, 3.8) is 0 Å². The first kappa shape index (κ1) is 11.4. The van der Waals surface area contributed by atoms with Gasteiger partial charge < -0.3 is 5.32 Å². The first-order valence-corrected chi connectivity index (χ1v) is 6.70. The topological polar surface area (TPSA) is 15.3 Å². The molecule has 2 fully saturated rings. The van der Waals surface area contributed by atoms with E-state index < -0.39 is 0 Å². The molecule has 0 spiro atoms. The Morgan fingerprint density at radius 3 is 2.73 bits per heavy atom. The summed E-state index contributed by atoms with van der Waals surface area (Å²) in [5, 5.41) is 3.85. The van der Waals surface area contributed by atoms with Crippen LogP contribution in [-0.2, 0) is 0 Å². The maximum absolute atomic E-state index is 3.85. The largest absolute Gasteiger partial charge is 0.310 e. The molecule has 0 aromatic carbocycles. The molecule has 2 nitrogen and oxygen atoms in total. The average molecular weight is 210 g/mol. The second-order valence-corrected chi connectivity index (χ2v) is 5.59. The molecule has 0 aromatic heterocycles. The quantitative estimate of drug-likeness (QED) is 0.752. The van der Waals surface area contributed by atoms with Crippen LogP contribution in [0.1, 0.15) is 46.5 Å². The van der Waals surface area contributed by atoms with Crippen molar-refractivity contribution >= 4 is 0 Å². The number of nitrogens with one attached hydrogen (secondary N) is 1. The van der Waals surface area contributed by atoms with Gasteiger partial charge in [0.15, 0.2) is 0 Å². The third kappa shape index (κ3) is 2.54. The van der Waals surface area contributed by atoms with E-state index in [0.717, 1.165) is 24.0 Å². The lowest BCUT2D eigenvalue weighted by molar-refractivity contribution is 0.0796. The smallest absolute Gasteiger partial charge is 0.0226 e. The first-order valence-electron chi connectivity index (χ1n) is 6.70. The number of likely N-dealkylation sites (tertiary alicyclic amines) is 1. The third-order valence-electron chi connectivity index (χ3n) is 4.35. The Morgan fingerprint density at radius 2 is 2.07 bits per heavy atom. The second kappa shape index (κ2) is 4.84. The number of rotatable bonds is 2. The predicted octanol–water partition coefficient (Wildman–Crippen LogP) is 2.25. The molecule has 2 aliphatic rings. The highest BCUT2D eigenvalue weighted by atomic mass is 15.2. The second-order valence-electron chi connectivity index (χ2n) is 5.59. The van der Waals surface area contributed by atoms with Crippen LogP contribution >= 0.6 is 0 Å². The maximum atomic E-state index is 3.85. The van der Waals surface area contributed by atoms with Crippen molar-refractivity contribution in [1.82, 2.24) is 10.2 Å². The van der Waals surface area contributed by atoms with Crippen LogP contribution in [0.2, 0.25) is 0 Å². The van der Waals surface area contributed by atoms with Crippen LogP contribution in [0.25, 0.3) is 0 Å². The van der Waals surface area contributed by atoms with Gasteiger partial charge in [0.25, 0.3) is 0 Å². The third-order valence-corrected chi connectivity index (χ3v) is 4.35. The Hall–Kier alpha value is -0.0800. The minimum atomic E-state index is 0.717. The normalized spacial score (nSPS) is 38.0. The molecule has 2 heteroatoms. The Labute approximate surface area is 94.4 Å². The molecule has 0 saturated carbocycles. The number of hydrogen-bond donors (Lipinski definition) is 1. The monoisotopic (exact) mass is 210 g/mol. The Balaban J connectivity index is 1.91. The maximum Gasteiger partial charge on any atom is 0.0226 e. The van der Waals surface area contributed by atoms with Crippen LogP contribution in [-0.4, -0.2) is 36.1 Å². The van der Waals surface area contributed by atoms with Gasteiger partial charge in [-0.25, -0.2) is 0 Å². The summed E-state index contributed by atoms with van der Waals surface area (Å²) in [5.74, 6) is 0.961. The van der Waals surface area contributed by atoms with Gasteiger partial charge in [0, 0.05) is 24.7 Å². The lowest BCUT2D eigenvalue weighted by Gasteiger charge is -2.45. The highest BCUT2D eigenvalue weighted by Gasteiger charge is 2.34. The number of piperidine rings is 2. The van der Waals surface area contributed by atoms with Crippen LogP contribution < -0.4 is 5.32 Å². The van der Waals surface area contributed by atoms with E-state index in [1.165, 1.54) is 38.8 Å². The van der Waals surface area contributed by atoms with Crippen molar-refractivity contribution in [2.24, 2.45) is 5.92 Å². The molecule has 15 heavy (non-hydrogen) atoms. The lowest BCUT2D eigenvalue weighted by atomic mass is 9.81. The number of fused-ring (bicyclic) bond motifs is 1. The van der Waals surface area contributed by atoms with Crippen molar-refractivity contribution in [2.45, 2.75) is 64.6 Å². The van der Waals surface area contributed by atoms with Crippen LogP contribution in [0.3, 0.4) is 0 Å². The van der Waals surface area contributed by atoms with Gasteiger partial charge in [-0.3, -0.25) is 4.90 Å². The molecule has 2 aliphatic heterocycles. The summed E-state index contributed by atoms with van der Waals surface area (Å²) in [6.07, 6.45) is 5.57. The Bertz CT molecular complexity index is 203.